The first-order chi connectivity index (χ1) is 5.96. The van der Waals surface area contributed by atoms with Crippen molar-refractivity contribution in [2.75, 3.05) is 13.7 Å². The summed E-state index contributed by atoms with van der Waals surface area (Å²) in [6.45, 7) is 4.02. The molecule has 0 radical (unpaired) electrons. The van der Waals surface area contributed by atoms with Gasteiger partial charge in [0.25, 0.3) is 0 Å². The standard InChI is InChI=1S/C8H13BrO4/c1-8(2)12-4-5(13-8)6(9)7(10)11-3/h5-6H,4H2,1-3H3/t5-,6-/m0/s1. The fourth-order valence-electron chi connectivity index (χ4n) is 1.12. The van der Waals surface area contributed by atoms with Gasteiger partial charge in [0.05, 0.1) is 13.7 Å². The number of alkyl halides is 1. The van der Waals surface area contributed by atoms with Crippen LogP contribution in [0.5, 0.6) is 0 Å². The van der Waals surface area contributed by atoms with Gasteiger partial charge in [-0.05, 0) is 13.8 Å². The van der Waals surface area contributed by atoms with Crippen molar-refractivity contribution in [3.05, 3.63) is 0 Å². The van der Waals surface area contributed by atoms with E-state index in [9.17, 15) is 4.79 Å². The summed E-state index contributed by atoms with van der Waals surface area (Å²) in [6.07, 6.45) is -0.276. The number of hydrogen-bond donors (Lipinski definition) is 0. The van der Waals surface area contributed by atoms with Gasteiger partial charge in [0.2, 0.25) is 0 Å². The lowest BCUT2D eigenvalue weighted by molar-refractivity contribution is -0.150. The Morgan fingerprint density at radius 3 is 2.69 bits per heavy atom. The van der Waals surface area contributed by atoms with Crippen LogP contribution in [0.1, 0.15) is 13.8 Å². The third-order valence-corrected chi connectivity index (χ3v) is 2.75. The fourth-order valence-corrected chi connectivity index (χ4v) is 1.57. The van der Waals surface area contributed by atoms with Gasteiger partial charge < -0.3 is 14.2 Å². The van der Waals surface area contributed by atoms with Crippen LogP contribution in [0, 0.1) is 0 Å². The van der Waals surface area contributed by atoms with Crippen LogP contribution in [-0.2, 0) is 19.0 Å². The van der Waals surface area contributed by atoms with Crippen molar-refractivity contribution in [2.45, 2.75) is 30.6 Å². The Labute approximate surface area is 85.7 Å². The highest BCUT2D eigenvalue weighted by atomic mass is 79.9. The zero-order valence-corrected chi connectivity index (χ0v) is 9.46. The highest BCUT2D eigenvalue weighted by Gasteiger charge is 2.39. The average molecular weight is 253 g/mol. The van der Waals surface area contributed by atoms with Crippen molar-refractivity contribution in [2.24, 2.45) is 0 Å². The molecule has 0 bridgehead atoms. The quantitative estimate of drug-likeness (QED) is 0.545. The summed E-state index contributed by atoms with van der Waals surface area (Å²) in [6, 6.07) is 0. The van der Waals surface area contributed by atoms with E-state index in [0.717, 1.165) is 0 Å². The molecule has 1 rings (SSSR count). The van der Waals surface area contributed by atoms with E-state index in [0.29, 0.717) is 6.61 Å². The molecule has 0 saturated carbocycles. The molecule has 1 saturated heterocycles. The molecule has 0 unspecified atom stereocenters. The second-order valence-electron chi connectivity index (χ2n) is 3.29. The molecule has 1 heterocycles. The van der Waals surface area contributed by atoms with Crippen LogP contribution >= 0.6 is 15.9 Å². The number of ether oxygens (including phenoxy) is 3. The van der Waals surface area contributed by atoms with Crippen molar-refractivity contribution in [1.82, 2.24) is 0 Å². The highest BCUT2D eigenvalue weighted by Crippen LogP contribution is 2.27. The van der Waals surface area contributed by atoms with E-state index in [1.807, 2.05) is 13.8 Å². The second kappa shape index (κ2) is 3.94. The number of halogens is 1. The van der Waals surface area contributed by atoms with Gasteiger partial charge in [0.1, 0.15) is 10.9 Å². The van der Waals surface area contributed by atoms with Gasteiger partial charge >= 0.3 is 5.97 Å². The van der Waals surface area contributed by atoms with Gasteiger partial charge in [-0.2, -0.15) is 0 Å². The molecule has 4 nitrogen and oxygen atoms in total. The lowest BCUT2D eigenvalue weighted by Crippen LogP contribution is -2.33. The molecule has 13 heavy (non-hydrogen) atoms. The predicted octanol–water partition coefficient (Wildman–Crippen LogP) is 1.07. The molecule has 0 N–H and O–H groups in total. The molecular weight excluding hydrogens is 240 g/mol. The molecule has 1 fully saturated rings. The van der Waals surface area contributed by atoms with Crippen LogP contribution in [0.15, 0.2) is 0 Å². The predicted molar refractivity (Wildman–Crippen MR) is 49.6 cm³/mol. The van der Waals surface area contributed by atoms with E-state index >= 15 is 0 Å². The van der Waals surface area contributed by atoms with E-state index in [4.69, 9.17) is 9.47 Å². The Morgan fingerprint density at radius 1 is 1.69 bits per heavy atom. The maximum absolute atomic E-state index is 11.1. The van der Waals surface area contributed by atoms with Crippen molar-refractivity contribution in [3.8, 4) is 0 Å². The largest absolute Gasteiger partial charge is 0.468 e. The Balaban J connectivity index is 2.51. The monoisotopic (exact) mass is 252 g/mol. The van der Waals surface area contributed by atoms with Crippen molar-refractivity contribution < 1.29 is 19.0 Å². The smallest absolute Gasteiger partial charge is 0.322 e. The molecule has 0 amide bonds. The molecule has 0 aromatic rings. The molecule has 0 aliphatic carbocycles. The SMILES string of the molecule is COC(=O)[C@@H](Br)[C@@H]1COC(C)(C)O1. The van der Waals surface area contributed by atoms with Gasteiger partial charge in [-0.25, -0.2) is 0 Å². The molecule has 5 heteroatoms. The molecule has 1 aliphatic rings. The van der Waals surface area contributed by atoms with Crippen LogP contribution in [-0.4, -0.2) is 36.4 Å². The van der Waals surface area contributed by atoms with E-state index in [1.165, 1.54) is 7.11 Å². The number of methoxy groups -OCH3 is 1. The van der Waals surface area contributed by atoms with Gasteiger partial charge in [0, 0.05) is 0 Å². The molecule has 0 aromatic heterocycles. The van der Waals surface area contributed by atoms with E-state index < -0.39 is 10.6 Å². The van der Waals surface area contributed by atoms with Crippen molar-refractivity contribution in [1.29, 1.82) is 0 Å². The Morgan fingerprint density at radius 2 is 2.31 bits per heavy atom. The zero-order chi connectivity index (χ0) is 10.1. The minimum absolute atomic E-state index is 0.276. The first-order valence-electron chi connectivity index (χ1n) is 4.00. The average Bonchev–Trinajstić information content (AvgIpc) is 2.43. The van der Waals surface area contributed by atoms with Crippen LogP contribution in [0.2, 0.25) is 0 Å². The van der Waals surface area contributed by atoms with E-state index in [-0.39, 0.29) is 12.1 Å². The van der Waals surface area contributed by atoms with E-state index in [2.05, 4.69) is 20.7 Å². The topological polar surface area (TPSA) is 44.8 Å². The van der Waals surface area contributed by atoms with Gasteiger partial charge in [0.15, 0.2) is 5.79 Å². The molecule has 0 aromatic carbocycles. The second-order valence-corrected chi connectivity index (χ2v) is 4.28. The maximum atomic E-state index is 11.1. The summed E-state index contributed by atoms with van der Waals surface area (Å²) < 4.78 is 15.3. The number of esters is 1. The minimum Gasteiger partial charge on any atom is -0.468 e. The molecule has 2 atom stereocenters. The molecule has 76 valence electrons. The minimum atomic E-state index is -0.606. The number of hydrogen-bond acceptors (Lipinski definition) is 4. The third-order valence-electron chi connectivity index (χ3n) is 1.78. The lowest BCUT2D eigenvalue weighted by atomic mass is 10.3. The van der Waals surface area contributed by atoms with E-state index in [1.54, 1.807) is 0 Å². The Kier molecular flexibility index (Phi) is 3.32. The Bertz CT molecular complexity index is 204. The van der Waals surface area contributed by atoms with Crippen LogP contribution < -0.4 is 0 Å². The zero-order valence-electron chi connectivity index (χ0n) is 7.87. The summed E-state index contributed by atoms with van der Waals surface area (Å²) >= 11 is 3.20. The molecule has 0 spiro atoms. The third kappa shape index (κ3) is 2.65. The Hall–Kier alpha value is -0.130. The fraction of sp³-hybridized carbons (Fsp3) is 0.875. The highest BCUT2D eigenvalue weighted by molar-refractivity contribution is 9.10. The number of carbonyl (C=O) groups excluding carboxylic acids is 1. The van der Waals surface area contributed by atoms with Crippen molar-refractivity contribution >= 4 is 21.9 Å². The van der Waals surface area contributed by atoms with Crippen LogP contribution in [0.4, 0.5) is 0 Å². The summed E-state index contributed by atoms with van der Waals surface area (Å²) in [7, 11) is 1.34. The summed E-state index contributed by atoms with van der Waals surface area (Å²) in [5, 5.41) is 0. The summed E-state index contributed by atoms with van der Waals surface area (Å²) in [5.41, 5.74) is 0. The number of rotatable bonds is 2. The van der Waals surface area contributed by atoms with Crippen molar-refractivity contribution in [3.63, 3.8) is 0 Å². The van der Waals surface area contributed by atoms with Crippen LogP contribution in [0.25, 0.3) is 0 Å². The molecule has 1 aliphatic heterocycles. The van der Waals surface area contributed by atoms with Gasteiger partial charge in [-0.3, -0.25) is 4.79 Å². The van der Waals surface area contributed by atoms with Gasteiger partial charge in [-0.15, -0.1) is 0 Å². The normalized spacial score (nSPS) is 28.5. The number of carbonyl (C=O) groups is 1. The van der Waals surface area contributed by atoms with Gasteiger partial charge in [-0.1, -0.05) is 15.9 Å². The first kappa shape index (κ1) is 10.9. The summed E-state index contributed by atoms with van der Waals surface area (Å²) in [5.74, 6) is -0.948. The lowest BCUT2D eigenvalue weighted by Gasteiger charge is -2.18. The maximum Gasteiger partial charge on any atom is 0.322 e. The summed E-state index contributed by atoms with van der Waals surface area (Å²) in [4.78, 5) is 10.6. The first-order valence-corrected chi connectivity index (χ1v) is 4.91. The molecular formula is C8H13BrO4. The van der Waals surface area contributed by atoms with Crippen LogP contribution in [0.3, 0.4) is 0 Å².